The van der Waals surface area contributed by atoms with Crippen molar-refractivity contribution < 1.29 is 4.74 Å². The monoisotopic (exact) mass is 436 g/mol. The summed E-state index contributed by atoms with van der Waals surface area (Å²) in [5.74, 6) is 3.67. The number of aromatic nitrogens is 2. The molecular formula is C29H44N2O. The van der Waals surface area contributed by atoms with Gasteiger partial charge in [-0.15, -0.1) is 0 Å². The van der Waals surface area contributed by atoms with Crippen molar-refractivity contribution in [2.75, 3.05) is 6.61 Å². The fourth-order valence-corrected chi connectivity index (χ4v) is 5.04. The van der Waals surface area contributed by atoms with Crippen LogP contribution in [0.3, 0.4) is 0 Å². The van der Waals surface area contributed by atoms with E-state index in [1.807, 2.05) is 12.4 Å². The number of ether oxygens (including phenoxy) is 1. The molecule has 0 unspecified atom stereocenters. The lowest BCUT2D eigenvalue weighted by Gasteiger charge is -2.28. The number of aryl methyl sites for hydroxylation is 1. The van der Waals surface area contributed by atoms with Crippen LogP contribution in [0.25, 0.3) is 11.4 Å². The van der Waals surface area contributed by atoms with Crippen LogP contribution in [-0.4, -0.2) is 16.6 Å². The second kappa shape index (κ2) is 14.3. The van der Waals surface area contributed by atoms with Crippen LogP contribution in [-0.2, 0) is 6.42 Å². The van der Waals surface area contributed by atoms with Crippen molar-refractivity contribution in [2.45, 2.75) is 104 Å². The summed E-state index contributed by atoms with van der Waals surface area (Å²) in [5, 5.41) is 0. The van der Waals surface area contributed by atoms with Crippen LogP contribution in [0.4, 0.5) is 0 Å². The Morgan fingerprint density at radius 2 is 1.41 bits per heavy atom. The summed E-state index contributed by atoms with van der Waals surface area (Å²) >= 11 is 0. The number of rotatable bonds is 14. The summed E-state index contributed by atoms with van der Waals surface area (Å²) < 4.78 is 6.00. The van der Waals surface area contributed by atoms with Gasteiger partial charge in [0.2, 0.25) is 0 Å². The van der Waals surface area contributed by atoms with Gasteiger partial charge in [0.15, 0.2) is 5.82 Å². The molecule has 1 heterocycles. The highest BCUT2D eigenvalue weighted by atomic mass is 16.5. The van der Waals surface area contributed by atoms with E-state index in [9.17, 15) is 0 Å². The summed E-state index contributed by atoms with van der Waals surface area (Å²) in [6.45, 7) is 5.39. The smallest absolute Gasteiger partial charge is 0.159 e. The summed E-state index contributed by atoms with van der Waals surface area (Å²) in [6.07, 6.45) is 22.6. The van der Waals surface area contributed by atoms with E-state index < -0.39 is 0 Å². The average Bonchev–Trinajstić information content (AvgIpc) is 2.84. The normalized spacial score (nSPS) is 18.6. The second-order valence-corrected chi connectivity index (χ2v) is 9.77. The Morgan fingerprint density at radius 1 is 0.750 bits per heavy atom. The zero-order valence-electron chi connectivity index (χ0n) is 20.5. The minimum atomic E-state index is 0.796. The Bertz CT molecular complexity index is 733. The quantitative estimate of drug-likeness (QED) is 0.279. The standard InChI is InChI=1S/C29H44N2O/c1-3-5-6-7-8-11-26-22-30-29(31-23-26)27-17-19-28(20-18-27)32-21-9-12-25-15-13-24(10-4-2)14-16-25/h17-20,22-25H,3-16,21H2,1-2H3. The molecule has 3 heteroatoms. The summed E-state index contributed by atoms with van der Waals surface area (Å²) in [6, 6.07) is 8.25. The topological polar surface area (TPSA) is 35.0 Å². The molecule has 1 aromatic carbocycles. The van der Waals surface area contributed by atoms with Crippen LogP contribution in [0.15, 0.2) is 36.7 Å². The Balaban J connectivity index is 1.34. The van der Waals surface area contributed by atoms with E-state index in [4.69, 9.17) is 4.74 Å². The Hall–Kier alpha value is -1.90. The molecule has 0 aliphatic heterocycles. The van der Waals surface area contributed by atoms with Crippen LogP contribution < -0.4 is 4.74 Å². The van der Waals surface area contributed by atoms with Gasteiger partial charge in [-0.3, -0.25) is 0 Å². The average molecular weight is 437 g/mol. The van der Waals surface area contributed by atoms with Crippen molar-refractivity contribution in [3.8, 4) is 17.1 Å². The maximum absolute atomic E-state index is 6.00. The molecule has 0 radical (unpaired) electrons. The molecule has 32 heavy (non-hydrogen) atoms. The van der Waals surface area contributed by atoms with Gasteiger partial charge in [0.25, 0.3) is 0 Å². The van der Waals surface area contributed by atoms with Gasteiger partial charge in [-0.25, -0.2) is 9.97 Å². The molecule has 0 saturated heterocycles. The van der Waals surface area contributed by atoms with E-state index >= 15 is 0 Å². The molecule has 0 N–H and O–H groups in total. The van der Waals surface area contributed by atoms with Gasteiger partial charge in [0, 0.05) is 18.0 Å². The highest BCUT2D eigenvalue weighted by molar-refractivity contribution is 5.55. The zero-order valence-corrected chi connectivity index (χ0v) is 20.5. The van der Waals surface area contributed by atoms with Crippen molar-refractivity contribution >= 4 is 0 Å². The molecule has 1 fully saturated rings. The largest absolute Gasteiger partial charge is 0.494 e. The first-order valence-electron chi connectivity index (χ1n) is 13.3. The number of benzene rings is 1. The Kier molecular flexibility index (Phi) is 11.0. The van der Waals surface area contributed by atoms with Gasteiger partial charge in [-0.05, 0) is 67.3 Å². The van der Waals surface area contributed by atoms with E-state index in [1.54, 1.807) is 0 Å². The first kappa shape index (κ1) is 24.7. The first-order chi connectivity index (χ1) is 15.8. The van der Waals surface area contributed by atoms with Crippen molar-refractivity contribution in [1.29, 1.82) is 0 Å². The summed E-state index contributed by atoms with van der Waals surface area (Å²) in [5.41, 5.74) is 2.29. The minimum Gasteiger partial charge on any atom is -0.494 e. The SMILES string of the molecule is CCCCCCCc1cnc(-c2ccc(OCCCC3CCC(CCC)CC3)cc2)nc1. The summed E-state index contributed by atoms with van der Waals surface area (Å²) in [4.78, 5) is 9.17. The van der Waals surface area contributed by atoms with Gasteiger partial charge < -0.3 is 4.74 Å². The molecule has 0 atom stereocenters. The van der Waals surface area contributed by atoms with E-state index in [-0.39, 0.29) is 0 Å². The number of nitrogens with zero attached hydrogens (tertiary/aromatic N) is 2. The van der Waals surface area contributed by atoms with Gasteiger partial charge >= 0.3 is 0 Å². The molecule has 176 valence electrons. The first-order valence-corrected chi connectivity index (χ1v) is 13.3. The fraction of sp³-hybridized carbons (Fsp3) is 0.655. The molecule has 2 aromatic rings. The van der Waals surface area contributed by atoms with E-state index in [2.05, 4.69) is 48.1 Å². The number of unbranched alkanes of at least 4 members (excludes halogenated alkanes) is 4. The zero-order chi connectivity index (χ0) is 22.4. The fourth-order valence-electron chi connectivity index (χ4n) is 5.04. The van der Waals surface area contributed by atoms with Gasteiger partial charge in [-0.2, -0.15) is 0 Å². The Morgan fingerprint density at radius 3 is 2.06 bits per heavy atom. The molecule has 1 aromatic heterocycles. The lowest BCUT2D eigenvalue weighted by Crippen LogP contribution is -2.15. The van der Waals surface area contributed by atoms with Crippen molar-refractivity contribution in [1.82, 2.24) is 9.97 Å². The van der Waals surface area contributed by atoms with Gasteiger partial charge in [0.05, 0.1) is 6.61 Å². The number of hydrogen-bond acceptors (Lipinski definition) is 3. The Labute approximate surface area is 196 Å². The van der Waals surface area contributed by atoms with Crippen molar-refractivity contribution in [3.63, 3.8) is 0 Å². The van der Waals surface area contributed by atoms with Gasteiger partial charge in [0.1, 0.15) is 5.75 Å². The van der Waals surface area contributed by atoms with Crippen LogP contribution >= 0.6 is 0 Å². The molecule has 3 rings (SSSR count). The molecule has 0 amide bonds. The summed E-state index contributed by atoms with van der Waals surface area (Å²) in [7, 11) is 0. The third-order valence-electron chi connectivity index (χ3n) is 7.08. The van der Waals surface area contributed by atoms with Crippen LogP contribution in [0.5, 0.6) is 5.75 Å². The predicted octanol–water partition coefficient (Wildman–Crippen LogP) is 8.42. The highest BCUT2D eigenvalue weighted by Crippen LogP contribution is 2.33. The molecule has 0 spiro atoms. The van der Waals surface area contributed by atoms with E-state index in [0.29, 0.717) is 0 Å². The maximum Gasteiger partial charge on any atom is 0.159 e. The third kappa shape index (κ3) is 8.56. The van der Waals surface area contributed by atoms with Crippen LogP contribution in [0.1, 0.15) is 103 Å². The molecule has 1 saturated carbocycles. The second-order valence-electron chi connectivity index (χ2n) is 9.77. The third-order valence-corrected chi connectivity index (χ3v) is 7.08. The molecule has 0 bridgehead atoms. The van der Waals surface area contributed by atoms with E-state index in [0.717, 1.165) is 48.4 Å². The van der Waals surface area contributed by atoms with E-state index in [1.165, 1.54) is 82.6 Å². The lowest BCUT2D eigenvalue weighted by atomic mass is 9.78. The molecule has 1 aliphatic rings. The van der Waals surface area contributed by atoms with Crippen molar-refractivity contribution in [2.24, 2.45) is 11.8 Å². The van der Waals surface area contributed by atoms with Crippen LogP contribution in [0.2, 0.25) is 0 Å². The maximum atomic E-state index is 6.00. The highest BCUT2D eigenvalue weighted by Gasteiger charge is 2.20. The van der Waals surface area contributed by atoms with Gasteiger partial charge in [-0.1, -0.05) is 78.1 Å². The lowest BCUT2D eigenvalue weighted by molar-refractivity contribution is 0.230. The molecular weight excluding hydrogens is 392 g/mol. The molecule has 3 nitrogen and oxygen atoms in total. The van der Waals surface area contributed by atoms with Crippen LogP contribution in [0, 0.1) is 11.8 Å². The van der Waals surface area contributed by atoms with Crippen molar-refractivity contribution in [3.05, 3.63) is 42.2 Å². The predicted molar refractivity (Wildman–Crippen MR) is 135 cm³/mol. The minimum absolute atomic E-state index is 0.796. The number of hydrogen-bond donors (Lipinski definition) is 0. The molecule has 1 aliphatic carbocycles.